The van der Waals surface area contributed by atoms with Crippen molar-refractivity contribution in [3.05, 3.63) is 30.3 Å². The third kappa shape index (κ3) is 6.45. The van der Waals surface area contributed by atoms with E-state index in [0.717, 1.165) is 12.1 Å². The standard InChI is InChI=1S/C16H23F3N2O5S2/c1-12(10-11-27(23,24)20-15(2,3)4)14(22)21(13-8-6-5-7-9-13)28(25,26)16(17,18)19/h5-9,12,20H,10-11H2,1-4H3. The summed E-state index contributed by atoms with van der Waals surface area (Å²) in [7, 11) is -9.81. The normalized spacial score (nSPS) is 14.5. The van der Waals surface area contributed by atoms with E-state index in [1.165, 1.54) is 25.1 Å². The molecule has 0 radical (unpaired) electrons. The minimum absolute atomic E-state index is 0.318. The lowest BCUT2D eigenvalue weighted by atomic mass is 10.1. The number of nitrogens with zero attached hydrogens (tertiary/aromatic N) is 1. The average Bonchev–Trinajstić information content (AvgIpc) is 2.50. The van der Waals surface area contributed by atoms with Crippen LogP contribution in [0.4, 0.5) is 18.9 Å². The molecule has 0 aliphatic carbocycles. The number of halogens is 3. The van der Waals surface area contributed by atoms with E-state index in [2.05, 4.69) is 4.72 Å². The lowest BCUT2D eigenvalue weighted by molar-refractivity contribution is -0.121. The number of hydrogen-bond acceptors (Lipinski definition) is 5. The topological polar surface area (TPSA) is 101 Å². The SMILES string of the molecule is CC(CCS(=O)(=O)NC(C)(C)C)C(=O)N(c1ccccc1)S(=O)(=O)C(F)(F)F. The first-order chi connectivity index (χ1) is 12.5. The molecule has 1 amide bonds. The Morgan fingerprint density at radius 1 is 1.07 bits per heavy atom. The van der Waals surface area contributed by atoms with Crippen molar-refractivity contribution in [1.82, 2.24) is 4.72 Å². The summed E-state index contributed by atoms with van der Waals surface area (Å²) in [5.74, 6) is -3.21. The van der Waals surface area contributed by atoms with E-state index in [1.807, 2.05) is 0 Å². The van der Waals surface area contributed by atoms with Gasteiger partial charge in [-0.1, -0.05) is 25.1 Å². The number of para-hydroxylation sites is 1. The first kappa shape index (κ1) is 24.4. The van der Waals surface area contributed by atoms with Crippen LogP contribution in [-0.2, 0) is 24.8 Å². The van der Waals surface area contributed by atoms with Gasteiger partial charge >= 0.3 is 15.5 Å². The monoisotopic (exact) mass is 444 g/mol. The Bertz CT molecular complexity index is 892. The summed E-state index contributed by atoms with van der Waals surface area (Å²) in [6.45, 7) is 5.99. The molecule has 0 aliphatic heterocycles. The van der Waals surface area contributed by atoms with Gasteiger partial charge in [-0.05, 0) is 39.3 Å². The van der Waals surface area contributed by atoms with Crippen LogP contribution in [0.3, 0.4) is 0 Å². The molecule has 7 nitrogen and oxygen atoms in total. The first-order valence-electron chi connectivity index (χ1n) is 8.20. The summed E-state index contributed by atoms with van der Waals surface area (Å²) < 4.78 is 89.2. The fourth-order valence-electron chi connectivity index (χ4n) is 2.22. The predicted octanol–water partition coefficient (Wildman–Crippen LogP) is 2.61. The molecule has 1 rings (SSSR count). The number of carbonyl (C=O) groups excluding carboxylic acids is 1. The second kappa shape index (κ2) is 8.37. The Morgan fingerprint density at radius 3 is 2.00 bits per heavy atom. The van der Waals surface area contributed by atoms with Crippen molar-refractivity contribution >= 4 is 31.6 Å². The maximum atomic E-state index is 13.1. The van der Waals surface area contributed by atoms with E-state index in [-0.39, 0.29) is 10.7 Å². The highest BCUT2D eigenvalue weighted by atomic mass is 32.2. The van der Waals surface area contributed by atoms with Gasteiger partial charge < -0.3 is 0 Å². The van der Waals surface area contributed by atoms with E-state index < -0.39 is 54.4 Å². The number of benzene rings is 1. The molecule has 1 N–H and O–H groups in total. The summed E-state index contributed by atoms with van der Waals surface area (Å²) in [5, 5.41) is 0. The van der Waals surface area contributed by atoms with Gasteiger partial charge in [0.25, 0.3) is 0 Å². The van der Waals surface area contributed by atoms with Crippen LogP contribution < -0.4 is 9.03 Å². The van der Waals surface area contributed by atoms with Crippen LogP contribution in [0.1, 0.15) is 34.1 Å². The number of sulfonamides is 2. The van der Waals surface area contributed by atoms with Crippen LogP contribution in [-0.4, -0.2) is 39.5 Å². The maximum absolute atomic E-state index is 13.1. The van der Waals surface area contributed by atoms with Gasteiger partial charge in [0.05, 0.1) is 11.4 Å². The first-order valence-corrected chi connectivity index (χ1v) is 11.3. The molecule has 1 atom stereocenters. The lowest BCUT2D eigenvalue weighted by Gasteiger charge is -2.26. The van der Waals surface area contributed by atoms with E-state index >= 15 is 0 Å². The van der Waals surface area contributed by atoms with E-state index in [1.54, 1.807) is 20.8 Å². The van der Waals surface area contributed by atoms with Gasteiger partial charge in [0.2, 0.25) is 15.9 Å². The summed E-state index contributed by atoms with van der Waals surface area (Å²) in [6, 6.07) is 6.10. The van der Waals surface area contributed by atoms with E-state index in [0.29, 0.717) is 0 Å². The van der Waals surface area contributed by atoms with Crippen LogP contribution in [0.15, 0.2) is 30.3 Å². The molecule has 12 heteroatoms. The fraction of sp³-hybridized carbons (Fsp3) is 0.562. The number of carbonyl (C=O) groups is 1. The molecule has 0 saturated carbocycles. The molecular formula is C16H23F3N2O5S2. The van der Waals surface area contributed by atoms with E-state index in [9.17, 15) is 34.8 Å². The second-order valence-corrected chi connectivity index (χ2v) is 10.9. The Hall–Kier alpha value is -1.66. The van der Waals surface area contributed by atoms with Crippen molar-refractivity contribution in [2.24, 2.45) is 5.92 Å². The lowest BCUT2D eigenvalue weighted by Crippen LogP contribution is -2.47. The Balaban J connectivity index is 3.15. The van der Waals surface area contributed by atoms with Crippen molar-refractivity contribution < 1.29 is 34.8 Å². The molecule has 0 aliphatic rings. The molecule has 1 aromatic carbocycles. The number of nitrogens with one attached hydrogen (secondary N) is 1. The van der Waals surface area contributed by atoms with Gasteiger partial charge in [0.1, 0.15) is 0 Å². The minimum Gasteiger partial charge on any atom is -0.273 e. The van der Waals surface area contributed by atoms with Crippen molar-refractivity contribution in [1.29, 1.82) is 0 Å². The molecule has 0 saturated heterocycles. The van der Waals surface area contributed by atoms with E-state index in [4.69, 9.17) is 0 Å². The second-order valence-electron chi connectivity index (χ2n) is 7.25. The molecule has 0 spiro atoms. The highest BCUT2D eigenvalue weighted by molar-refractivity contribution is 7.94. The zero-order valence-electron chi connectivity index (χ0n) is 15.8. The summed E-state index contributed by atoms with van der Waals surface area (Å²) in [5.41, 5.74) is -6.95. The van der Waals surface area contributed by atoms with Crippen molar-refractivity contribution in [2.45, 2.75) is 45.2 Å². The van der Waals surface area contributed by atoms with Crippen LogP contribution in [0, 0.1) is 5.92 Å². The smallest absolute Gasteiger partial charge is 0.273 e. The Labute approximate surface area is 163 Å². The highest BCUT2D eigenvalue weighted by Crippen LogP contribution is 2.32. The molecule has 0 fully saturated rings. The quantitative estimate of drug-likeness (QED) is 0.697. The highest BCUT2D eigenvalue weighted by Gasteiger charge is 2.53. The van der Waals surface area contributed by atoms with Crippen molar-refractivity contribution in [3.63, 3.8) is 0 Å². The maximum Gasteiger partial charge on any atom is 0.517 e. The molecule has 0 bridgehead atoms. The Morgan fingerprint density at radius 2 is 1.57 bits per heavy atom. The van der Waals surface area contributed by atoms with Gasteiger partial charge in [-0.3, -0.25) is 4.79 Å². The van der Waals surface area contributed by atoms with Gasteiger partial charge in [-0.25, -0.2) is 13.1 Å². The Kier molecular flexibility index (Phi) is 7.29. The molecule has 160 valence electrons. The average molecular weight is 444 g/mol. The third-order valence-electron chi connectivity index (χ3n) is 3.43. The molecule has 1 unspecified atom stereocenters. The fourth-order valence-corrected chi connectivity index (χ4v) is 4.95. The van der Waals surface area contributed by atoms with Gasteiger partial charge in [0, 0.05) is 11.5 Å². The van der Waals surface area contributed by atoms with Crippen LogP contribution in [0.5, 0.6) is 0 Å². The number of amides is 1. The number of rotatable bonds is 7. The van der Waals surface area contributed by atoms with Crippen LogP contribution in [0.2, 0.25) is 0 Å². The molecule has 0 aromatic heterocycles. The number of hydrogen-bond donors (Lipinski definition) is 1. The number of anilines is 1. The molecular weight excluding hydrogens is 421 g/mol. The number of alkyl halides is 3. The van der Waals surface area contributed by atoms with Gasteiger partial charge in [-0.2, -0.15) is 25.9 Å². The molecule has 1 aromatic rings. The summed E-state index contributed by atoms with van der Waals surface area (Å²) in [4.78, 5) is 12.6. The molecule has 0 heterocycles. The van der Waals surface area contributed by atoms with Gasteiger partial charge in [0.15, 0.2) is 0 Å². The summed E-state index contributed by atoms with van der Waals surface area (Å²) in [6.07, 6.45) is -0.360. The zero-order chi connectivity index (χ0) is 22.0. The molecule has 28 heavy (non-hydrogen) atoms. The van der Waals surface area contributed by atoms with Crippen molar-refractivity contribution in [2.75, 3.05) is 10.1 Å². The third-order valence-corrected chi connectivity index (χ3v) is 6.58. The van der Waals surface area contributed by atoms with Crippen LogP contribution in [0.25, 0.3) is 0 Å². The van der Waals surface area contributed by atoms with Crippen LogP contribution >= 0.6 is 0 Å². The minimum atomic E-state index is -6.00. The zero-order valence-corrected chi connectivity index (χ0v) is 17.5. The van der Waals surface area contributed by atoms with Gasteiger partial charge in [-0.15, -0.1) is 0 Å². The predicted molar refractivity (Wildman–Crippen MR) is 99.4 cm³/mol. The largest absolute Gasteiger partial charge is 0.517 e. The van der Waals surface area contributed by atoms with Crippen molar-refractivity contribution in [3.8, 4) is 0 Å². The summed E-state index contributed by atoms with van der Waals surface area (Å²) >= 11 is 0.